The summed E-state index contributed by atoms with van der Waals surface area (Å²) in [6.07, 6.45) is -6.80. The van der Waals surface area contributed by atoms with Crippen LogP contribution >= 0.6 is 0 Å². The average molecular weight is 516 g/mol. The van der Waals surface area contributed by atoms with E-state index in [4.69, 9.17) is 15.2 Å². The van der Waals surface area contributed by atoms with Gasteiger partial charge in [0.2, 0.25) is 11.7 Å². The number of nitrogens with one attached hydrogen (secondary N) is 1. The molecule has 3 rings (SSSR count). The number of anilines is 1. The number of carbonyl (C=O) groups excluding carboxylic acids is 2. The number of nitrogens with two attached hydrogens (primary N) is 1. The Morgan fingerprint density at radius 2 is 1.83 bits per heavy atom. The van der Waals surface area contributed by atoms with Crippen LogP contribution in [0.15, 0.2) is 30.3 Å². The van der Waals surface area contributed by atoms with Crippen molar-refractivity contribution in [2.45, 2.75) is 37.6 Å². The molecule has 2 aromatic rings. The fourth-order valence-corrected chi connectivity index (χ4v) is 4.33. The van der Waals surface area contributed by atoms with Gasteiger partial charge < -0.3 is 30.6 Å². The molecule has 194 valence electrons. The lowest BCUT2D eigenvalue weighted by molar-refractivity contribution is -0.272. The molecule has 0 unspecified atom stereocenters. The summed E-state index contributed by atoms with van der Waals surface area (Å²) in [5.74, 6) is -8.46. The minimum absolute atomic E-state index is 0.119. The Labute approximate surface area is 202 Å². The second kappa shape index (κ2) is 9.67. The van der Waals surface area contributed by atoms with Gasteiger partial charge in [-0.2, -0.15) is 17.6 Å². The van der Waals surface area contributed by atoms with E-state index in [1.807, 2.05) is 0 Å². The maximum atomic E-state index is 14.4. The number of amides is 2. The maximum Gasteiger partial charge on any atom is 0.489 e. The van der Waals surface area contributed by atoms with E-state index < -0.39 is 66.0 Å². The summed E-state index contributed by atoms with van der Waals surface area (Å²) in [6.45, 7) is 1.90. The molecule has 36 heavy (non-hydrogen) atoms. The zero-order chi connectivity index (χ0) is 27.2. The van der Waals surface area contributed by atoms with Crippen molar-refractivity contribution in [2.24, 2.45) is 11.7 Å². The van der Waals surface area contributed by atoms with Crippen molar-refractivity contribution in [3.8, 4) is 5.75 Å². The molecule has 1 heterocycles. The largest absolute Gasteiger partial charge is 0.493 e. The van der Waals surface area contributed by atoms with Gasteiger partial charge in [-0.1, -0.05) is 19.1 Å². The summed E-state index contributed by atoms with van der Waals surface area (Å²) >= 11 is 0. The van der Waals surface area contributed by atoms with Crippen LogP contribution in [0.1, 0.15) is 35.7 Å². The van der Waals surface area contributed by atoms with Gasteiger partial charge in [0.15, 0.2) is 17.2 Å². The highest BCUT2D eigenvalue weighted by molar-refractivity contribution is 6.60. The number of hydrogen-bond acceptors (Lipinski definition) is 6. The first-order chi connectivity index (χ1) is 16.6. The topological polar surface area (TPSA) is 131 Å². The Morgan fingerprint density at radius 1 is 1.19 bits per heavy atom. The Kier molecular flexibility index (Phi) is 7.35. The minimum Gasteiger partial charge on any atom is -0.493 e. The molecule has 1 aliphatic rings. The van der Waals surface area contributed by atoms with Gasteiger partial charge >= 0.3 is 13.3 Å². The molecule has 1 saturated heterocycles. The molecule has 0 saturated carbocycles. The standard InChI is InChI=1S/C22H22BF5N2O6/c1-9-15(11-5-7-14(24)16(25)17(11)35-3)18(36-21(9,2)22(26,27)28)20(32)30-10-4-6-13(23(33)34)12(8-10)19(29)31/h4-9,15,18,33-34H,1-3H3,(H2,29,31)(H,30,32)/t9-,15-,18+,21+/m1/s1. The highest BCUT2D eigenvalue weighted by Gasteiger charge is 2.65. The van der Waals surface area contributed by atoms with Crippen molar-refractivity contribution >= 4 is 30.1 Å². The predicted molar refractivity (Wildman–Crippen MR) is 118 cm³/mol. The van der Waals surface area contributed by atoms with Crippen LogP contribution in [-0.2, 0) is 9.53 Å². The molecule has 0 radical (unpaired) electrons. The molecule has 0 spiro atoms. The molecule has 1 fully saturated rings. The van der Waals surface area contributed by atoms with Crippen LogP contribution in [0.5, 0.6) is 5.75 Å². The smallest absolute Gasteiger partial charge is 0.489 e. The van der Waals surface area contributed by atoms with Gasteiger partial charge in [0.05, 0.1) is 7.11 Å². The van der Waals surface area contributed by atoms with E-state index >= 15 is 0 Å². The van der Waals surface area contributed by atoms with Crippen molar-refractivity contribution in [2.75, 3.05) is 12.4 Å². The van der Waals surface area contributed by atoms with Crippen LogP contribution in [0.25, 0.3) is 0 Å². The third-order valence-corrected chi connectivity index (χ3v) is 6.43. The third-order valence-electron chi connectivity index (χ3n) is 6.43. The number of hydrogen-bond donors (Lipinski definition) is 4. The van der Waals surface area contributed by atoms with E-state index in [2.05, 4.69) is 5.32 Å². The van der Waals surface area contributed by atoms with Gasteiger partial charge in [-0.05, 0) is 30.6 Å². The SMILES string of the molecule is COc1c([C@@H]2[C@@H](C(=O)Nc3ccc(B(O)O)c(C(N)=O)c3)O[C@](C)(C(F)(F)F)[C@@H]2C)ccc(F)c1F. The highest BCUT2D eigenvalue weighted by Crippen LogP contribution is 2.55. The van der Waals surface area contributed by atoms with E-state index in [1.54, 1.807) is 0 Å². The number of benzene rings is 2. The zero-order valence-electron chi connectivity index (χ0n) is 19.2. The Balaban J connectivity index is 2.08. The molecule has 5 N–H and O–H groups in total. The number of carbonyl (C=O) groups is 2. The summed E-state index contributed by atoms with van der Waals surface area (Å²) in [6, 6.07) is 4.97. The first-order valence-corrected chi connectivity index (χ1v) is 10.5. The summed E-state index contributed by atoms with van der Waals surface area (Å²) in [5, 5.41) is 21.1. The first kappa shape index (κ1) is 27.4. The van der Waals surface area contributed by atoms with Crippen LogP contribution in [0, 0.1) is 17.6 Å². The molecule has 0 aromatic heterocycles. The fourth-order valence-electron chi connectivity index (χ4n) is 4.33. The van der Waals surface area contributed by atoms with Crippen molar-refractivity contribution in [1.29, 1.82) is 0 Å². The molecule has 0 bridgehead atoms. The monoisotopic (exact) mass is 516 g/mol. The zero-order valence-corrected chi connectivity index (χ0v) is 19.2. The van der Waals surface area contributed by atoms with Crippen LogP contribution in [-0.4, -0.2) is 54.0 Å². The van der Waals surface area contributed by atoms with E-state index in [0.29, 0.717) is 6.07 Å². The highest BCUT2D eigenvalue weighted by atomic mass is 19.4. The average Bonchev–Trinajstić information content (AvgIpc) is 3.07. The van der Waals surface area contributed by atoms with E-state index in [1.165, 1.54) is 0 Å². The van der Waals surface area contributed by atoms with Crippen LogP contribution in [0.3, 0.4) is 0 Å². The molecule has 2 amide bonds. The number of methoxy groups -OCH3 is 1. The van der Waals surface area contributed by atoms with Crippen molar-refractivity contribution in [3.05, 3.63) is 53.1 Å². The van der Waals surface area contributed by atoms with Gasteiger partial charge in [0.25, 0.3) is 5.91 Å². The lowest BCUT2D eigenvalue weighted by Gasteiger charge is -2.32. The molecule has 14 heteroatoms. The summed E-state index contributed by atoms with van der Waals surface area (Å²) in [5.41, 5.74) is 1.42. The molecular formula is C22H22BF5N2O6. The van der Waals surface area contributed by atoms with E-state index in [-0.39, 0.29) is 22.3 Å². The number of primary amides is 1. The molecule has 0 aliphatic carbocycles. The van der Waals surface area contributed by atoms with E-state index in [9.17, 15) is 41.6 Å². The summed E-state index contributed by atoms with van der Waals surface area (Å²) in [7, 11) is -1.06. The number of ether oxygens (including phenoxy) is 2. The second-order valence-corrected chi connectivity index (χ2v) is 8.47. The van der Waals surface area contributed by atoms with Crippen molar-refractivity contribution in [1.82, 2.24) is 0 Å². The van der Waals surface area contributed by atoms with E-state index in [0.717, 1.165) is 45.2 Å². The van der Waals surface area contributed by atoms with Crippen LogP contribution in [0.4, 0.5) is 27.6 Å². The lowest BCUT2D eigenvalue weighted by Crippen LogP contribution is -2.47. The third kappa shape index (κ3) is 4.63. The molecule has 8 nitrogen and oxygen atoms in total. The van der Waals surface area contributed by atoms with Gasteiger partial charge in [-0.15, -0.1) is 0 Å². The second-order valence-electron chi connectivity index (χ2n) is 8.47. The van der Waals surface area contributed by atoms with Gasteiger partial charge in [0.1, 0.15) is 6.10 Å². The number of rotatable bonds is 6. The Bertz CT molecular complexity index is 1190. The minimum atomic E-state index is -4.94. The van der Waals surface area contributed by atoms with Crippen molar-refractivity contribution < 1.29 is 51.1 Å². The quantitative estimate of drug-likeness (QED) is 0.343. The van der Waals surface area contributed by atoms with Crippen LogP contribution in [0.2, 0.25) is 0 Å². The molecule has 1 aliphatic heterocycles. The molecule has 4 atom stereocenters. The normalized spacial score (nSPS) is 23.9. The molecule has 2 aromatic carbocycles. The maximum absolute atomic E-state index is 14.4. The van der Waals surface area contributed by atoms with Gasteiger partial charge in [-0.25, -0.2) is 4.39 Å². The predicted octanol–water partition coefficient (Wildman–Crippen LogP) is 1.83. The Hall–Kier alpha value is -3.23. The number of alkyl halides is 3. The number of halogens is 5. The Morgan fingerprint density at radius 3 is 2.36 bits per heavy atom. The van der Waals surface area contributed by atoms with Gasteiger partial charge in [0, 0.05) is 28.7 Å². The molecular weight excluding hydrogens is 494 g/mol. The van der Waals surface area contributed by atoms with Gasteiger partial charge in [-0.3, -0.25) is 9.59 Å². The van der Waals surface area contributed by atoms with Crippen molar-refractivity contribution in [3.63, 3.8) is 0 Å². The first-order valence-electron chi connectivity index (χ1n) is 10.5. The summed E-state index contributed by atoms with van der Waals surface area (Å²) in [4.78, 5) is 24.9. The lowest BCUT2D eigenvalue weighted by atomic mass is 9.76. The van der Waals surface area contributed by atoms with Crippen LogP contribution < -0.4 is 21.3 Å². The summed E-state index contributed by atoms with van der Waals surface area (Å²) < 4.78 is 80.4. The fraction of sp³-hybridized carbons (Fsp3) is 0.364.